The van der Waals surface area contributed by atoms with Gasteiger partial charge in [0.05, 0.1) is 6.10 Å². The predicted octanol–water partition coefficient (Wildman–Crippen LogP) is 0.308. The first-order valence-electron chi connectivity index (χ1n) is 5.89. The monoisotopic (exact) mass is 244 g/mol. The van der Waals surface area contributed by atoms with Crippen molar-refractivity contribution in [2.75, 3.05) is 0 Å². The number of aliphatic carboxylic acids is 1. The molecule has 1 saturated carbocycles. The molecular weight excluding hydrogens is 224 g/mol. The quantitative estimate of drug-likeness (QED) is 0.559. The number of nitrogens with one attached hydrogen (secondary N) is 2. The van der Waals surface area contributed by atoms with Gasteiger partial charge in [0.1, 0.15) is 0 Å². The highest BCUT2D eigenvalue weighted by molar-refractivity contribution is 5.83. The second-order valence-electron chi connectivity index (χ2n) is 4.65. The molecule has 98 valence electrons. The first-order valence-corrected chi connectivity index (χ1v) is 5.89. The van der Waals surface area contributed by atoms with E-state index in [1.807, 2.05) is 6.92 Å². The molecule has 0 radical (unpaired) electrons. The van der Waals surface area contributed by atoms with E-state index in [1.165, 1.54) is 13.3 Å². The summed E-state index contributed by atoms with van der Waals surface area (Å²) in [5, 5.41) is 22.9. The van der Waals surface area contributed by atoms with Crippen molar-refractivity contribution in [3.8, 4) is 0 Å². The lowest BCUT2D eigenvalue weighted by atomic mass is 9.80. The summed E-state index contributed by atoms with van der Waals surface area (Å²) in [6, 6.07) is -1.78. The van der Waals surface area contributed by atoms with E-state index in [0.717, 1.165) is 12.8 Å². The lowest BCUT2D eigenvalue weighted by Crippen LogP contribution is -2.54. The highest BCUT2D eigenvalue weighted by Gasteiger charge is 2.28. The van der Waals surface area contributed by atoms with Crippen LogP contribution in [0.15, 0.2) is 0 Å². The number of aliphatic hydroxyl groups is 1. The van der Waals surface area contributed by atoms with E-state index in [0.29, 0.717) is 5.92 Å². The van der Waals surface area contributed by atoms with Crippen molar-refractivity contribution in [3.05, 3.63) is 0 Å². The van der Waals surface area contributed by atoms with Gasteiger partial charge in [-0.1, -0.05) is 6.42 Å². The molecule has 1 aliphatic carbocycles. The Balaban J connectivity index is 2.38. The van der Waals surface area contributed by atoms with Gasteiger partial charge in [-0.15, -0.1) is 0 Å². The van der Waals surface area contributed by atoms with E-state index < -0.39 is 24.1 Å². The third-order valence-corrected chi connectivity index (χ3v) is 3.25. The summed E-state index contributed by atoms with van der Waals surface area (Å²) >= 11 is 0. The van der Waals surface area contributed by atoms with Gasteiger partial charge in [0.15, 0.2) is 6.04 Å². The van der Waals surface area contributed by atoms with Crippen molar-refractivity contribution in [1.82, 2.24) is 10.6 Å². The van der Waals surface area contributed by atoms with Gasteiger partial charge in [0.2, 0.25) is 0 Å². The highest BCUT2D eigenvalue weighted by Crippen LogP contribution is 2.29. The Kier molecular flexibility index (Phi) is 4.74. The van der Waals surface area contributed by atoms with Crippen LogP contribution in [0.4, 0.5) is 4.79 Å². The zero-order valence-corrected chi connectivity index (χ0v) is 10.1. The Morgan fingerprint density at radius 3 is 2.18 bits per heavy atom. The van der Waals surface area contributed by atoms with Gasteiger partial charge >= 0.3 is 12.0 Å². The summed E-state index contributed by atoms with van der Waals surface area (Å²) in [4.78, 5) is 22.3. The summed E-state index contributed by atoms with van der Waals surface area (Å²) in [7, 11) is 0. The van der Waals surface area contributed by atoms with Crippen LogP contribution < -0.4 is 10.6 Å². The third kappa shape index (κ3) is 3.89. The van der Waals surface area contributed by atoms with Crippen molar-refractivity contribution in [2.45, 2.75) is 51.3 Å². The Labute approximate surface area is 100 Å². The van der Waals surface area contributed by atoms with Gasteiger partial charge in [-0.25, -0.2) is 9.59 Å². The van der Waals surface area contributed by atoms with Crippen LogP contribution in [0.5, 0.6) is 0 Å². The Hall–Kier alpha value is -1.30. The van der Waals surface area contributed by atoms with Crippen molar-refractivity contribution in [1.29, 1.82) is 0 Å². The zero-order chi connectivity index (χ0) is 13.0. The molecule has 6 nitrogen and oxygen atoms in total. The van der Waals surface area contributed by atoms with Gasteiger partial charge < -0.3 is 20.8 Å². The summed E-state index contributed by atoms with van der Waals surface area (Å²) in [6.07, 6.45) is 2.25. The molecule has 17 heavy (non-hydrogen) atoms. The maximum Gasteiger partial charge on any atom is 0.328 e. The van der Waals surface area contributed by atoms with Gasteiger partial charge in [-0.3, -0.25) is 0 Å². The molecule has 1 rings (SSSR count). The summed E-state index contributed by atoms with van der Waals surface area (Å²) in [5.74, 6) is -0.762. The minimum atomic E-state index is -1.27. The van der Waals surface area contributed by atoms with E-state index in [1.54, 1.807) is 0 Å². The Morgan fingerprint density at radius 2 is 1.82 bits per heavy atom. The molecular formula is C11H20N2O4. The Morgan fingerprint density at radius 1 is 1.24 bits per heavy atom. The fourth-order valence-corrected chi connectivity index (χ4v) is 1.84. The number of carboxylic acids is 1. The first kappa shape index (κ1) is 13.8. The summed E-state index contributed by atoms with van der Waals surface area (Å²) in [5.41, 5.74) is 0. The molecule has 1 unspecified atom stereocenters. The summed E-state index contributed by atoms with van der Waals surface area (Å²) in [6.45, 7) is 3.23. The van der Waals surface area contributed by atoms with E-state index >= 15 is 0 Å². The van der Waals surface area contributed by atoms with Crippen LogP contribution in [0.1, 0.15) is 33.1 Å². The highest BCUT2D eigenvalue weighted by atomic mass is 16.4. The van der Waals surface area contributed by atoms with Gasteiger partial charge in [0.25, 0.3) is 0 Å². The zero-order valence-electron chi connectivity index (χ0n) is 10.1. The number of carboxylic acid groups (broad SMARTS) is 1. The van der Waals surface area contributed by atoms with Gasteiger partial charge in [-0.05, 0) is 32.6 Å². The molecule has 4 N–H and O–H groups in total. The molecule has 2 amide bonds. The third-order valence-electron chi connectivity index (χ3n) is 3.25. The van der Waals surface area contributed by atoms with Crippen LogP contribution in [0.25, 0.3) is 0 Å². The SMILES string of the molecule is CC(NC(=O)N[C@H](C(=O)O)[C@@H](C)O)C1CCC1. The summed E-state index contributed by atoms with van der Waals surface area (Å²) < 4.78 is 0. The lowest BCUT2D eigenvalue weighted by molar-refractivity contribution is -0.141. The number of hydrogen-bond donors (Lipinski definition) is 4. The number of rotatable bonds is 5. The molecule has 0 saturated heterocycles. The van der Waals surface area contributed by atoms with Crippen molar-refractivity contribution >= 4 is 12.0 Å². The number of urea groups is 1. The second kappa shape index (κ2) is 5.86. The standard InChI is InChI=1S/C11H20N2O4/c1-6(8-4-3-5-8)12-11(17)13-9(7(2)14)10(15)16/h6-9,14H,3-5H2,1-2H3,(H,15,16)(H2,12,13,17)/t6?,7-,9+/m1/s1. The Bertz CT molecular complexity index is 289. The van der Waals surface area contributed by atoms with Gasteiger partial charge in [0, 0.05) is 6.04 Å². The number of carbonyl (C=O) groups is 2. The maximum atomic E-state index is 11.5. The number of hydrogen-bond acceptors (Lipinski definition) is 3. The van der Waals surface area contributed by atoms with Crippen LogP contribution in [-0.4, -0.2) is 40.4 Å². The van der Waals surface area contributed by atoms with Crippen molar-refractivity contribution < 1.29 is 19.8 Å². The minimum Gasteiger partial charge on any atom is -0.480 e. The fraction of sp³-hybridized carbons (Fsp3) is 0.818. The molecule has 6 heteroatoms. The maximum absolute atomic E-state index is 11.5. The number of aliphatic hydroxyl groups excluding tert-OH is 1. The molecule has 0 spiro atoms. The molecule has 3 atom stereocenters. The van der Waals surface area contributed by atoms with Crippen molar-refractivity contribution in [2.24, 2.45) is 5.92 Å². The van der Waals surface area contributed by atoms with E-state index in [2.05, 4.69) is 10.6 Å². The fourth-order valence-electron chi connectivity index (χ4n) is 1.84. The molecule has 0 heterocycles. The lowest BCUT2D eigenvalue weighted by Gasteiger charge is -2.32. The van der Waals surface area contributed by atoms with Crippen LogP contribution in [0, 0.1) is 5.92 Å². The van der Waals surface area contributed by atoms with E-state index in [4.69, 9.17) is 5.11 Å². The number of amides is 2. The topological polar surface area (TPSA) is 98.7 Å². The molecule has 0 aliphatic heterocycles. The average Bonchev–Trinajstić information content (AvgIpc) is 2.09. The van der Waals surface area contributed by atoms with E-state index in [-0.39, 0.29) is 6.04 Å². The van der Waals surface area contributed by atoms with E-state index in [9.17, 15) is 14.7 Å². The van der Waals surface area contributed by atoms with Gasteiger partial charge in [-0.2, -0.15) is 0 Å². The molecule has 0 aromatic carbocycles. The molecule has 1 aliphatic rings. The molecule has 0 bridgehead atoms. The second-order valence-corrected chi connectivity index (χ2v) is 4.65. The van der Waals surface area contributed by atoms with Crippen LogP contribution in [0.3, 0.4) is 0 Å². The normalized spacial score (nSPS) is 20.9. The van der Waals surface area contributed by atoms with Crippen molar-refractivity contribution in [3.63, 3.8) is 0 Å². The van der Waals surface area contributed by atoms with Crippen LogP contribution in [0.2, 0.25) is 0 Å². The predicted molar refractivity (Wildman–Crippen MR) is 61.6 cm³/mol. The molecule has 1 fully saturated rings. The average molecular weight is 244 g/mol. The smallest absolute Gasteiger partial charge is 0.328 e. The van der Waals surface area contributed by atoms with Crippen LogP contribution >= 0.6 is 0 Å². The minimum absolute atomic E-state index is 0.0344. The molecule has 0 aromatic rings. The largest absolute Gasteiger partial charge is 0.480 e. The molecule has 0 aromatic heterocycles. The first-order chi connectivity index (χ1) is 7.91. The number of carbonyl (C=O) groups excluding carboxylic acids is 1. The van der Waals surface area contributed by atoms with Crippen LogP contribution in [-0.2, 0) is 4.79 Å².